The molecule has 162 valence electrons. The zero-order valence-corrected chi connectivity index (χ0v) is 18.3. The van der Waals surface area contributed by atoms with Gasteiger partial charge in [-0.05, 0) is 44.1 Å². The molecule has 2 aliphatic carbocycles. The number of nitrogens with zero attached hydrogens (tertiary/aromatic N) is 3. The number of ether oxygens (including phenoxy) is 1. The van der Waals surface area contributed by atoms with Crippen LogP contribution < -0.4 is 11.1 Å². The van der Waals surface area contributed by atoms with Crippen LogP contribution in [0.1, 0.15) is 54.8 Å². The van der Waals surface area contributed by atoms with Crippen molar-refractivity contribution in [1.29, 1.82) is 0 Å². The van der Waals surface area contributed by atoms with Crippen LogP contribution in [0.4, 0.5) is 5.82 Å². The van der Waals surface area contributed by atoms with Crippen LogP contribution in [0, 0.1) is 5.92 Å². The lowest BCUT2D eigenvalue weighted by atomic mass is 9.84. The van der Waals surface area contributed by atoms with Gasteiger partial charge < -0.3 is 15.8 Å². The summed E-state index contributed by atoms with van der Waals surface area (Å²) in [5.74, 6) is 1.46. The molecule has 5 rings (SSSR count). The quantitative estimate of drug-likeness (QED) is 0.759. The average molecular weight is 430 g/mol. The van der Waals surface area contributed by atoms with Crippen LogP contribution in [0.25, 0.3) is 10.2 Å². The minimum Gasteiger partial charge on any atom is -0.379 e. The number of thiophene rings is 1. The number of hydrogen-bond donors (Lipinski definition) is 2. The van der Waals surface area contributed by atoms with Gasteiger partial charge in [0.05, 0.1) is 31.1 Å². The summed E-state index contributed by atoms with van der Waals surface area (Å²) in [5, 5.41) is 4.87. The first-order chi connectivity index (χ1) is 14.7. The largest absolute Gasteiger partial charge is 0.379 e. The van der Waals surface area contributed by atoms with Gasteiger partial charge >= 0.3 is 0 Å². The molecular formula is C22H31N5O2S. The number of anilines is 1. The third-order valence-electron chi connectivity index (χ3n) is 6.78. The number of fused-ring (bicyclic) bond motifs is 3. The maximum absolute atomic E-state index is 12.1. The van der Waals surface area contributed by atoms with E-state index in [0.29, 0.717) is 0 Å². The first kappa shape index (κ1) is 20.2. The summed E-state index contributed by atoms with van der Waals surface area (Å²) in [4.78, 5) is 27.0. The highest BCUT2D eigenvalue weighted by atomic mass is 32.1. The van der Waals surface area contributed by atoms with Crippen molar-refractivity contribution in [2.45, 2.75) is 64.0 Å². The zero-order chi connectivity index (χ0) is 20.5. The van der Waals surface area contributed by atoms with E-state index in [4.69, 9.17) is 20.4 Å². The second kappa shape index (κ2) is 8.77. The van der Waals surface area contributed by atoms with E-state index >= 15 is 0 Å². The van der Waals surface area contributed by atoms with Crippen LogP contribution in [0.5, 0.6) is 0 Å². The molecule has 0 spiro atoms. The fourth-order valence-corrected chi connectivity index (χ4v) is 6.44. The third kappa shape index (κ3) is 4.05. The summed E-state index contributed by atoms with van der Waals surface area (Å²) in [6.45, 7) is 4.10. The van der Waals surface area contributed by atoms with E-state index in [-0.39, 0.29) is 17.9 Å². The van der Waals surface area contributed by atoms with Gasteiger partial charge in [0, 0.05) is 24.0 Å². The van der Waals surface area contributed by atoms with Gasteiger partial charge in [-0.1, -0.05) is 12.8 Å². The maximum atomic E-state index is 12.1. The van der Waals surface area contributed by atoms with Gasteiger partial charge in [0.25, 0.3) is 0 Å². The Morgan fingerprint density at radius 2 is 1.93 bits per heavy atom. The predicted molar refractivity (Wildman–Crippen MR) is 119 cm³/mol. The molecule has 0 aromatic carbocycles. The molecule has 0 bridgehead atoms. The van der Waals surface area contributed by atoms with Crippen molar-refractivity contribution >= 4 is 33.3 Å². The highest BCUT2D eigenvalue weighted by Crippen LogP contribution is 2.39. The molecule has 30 heavy (non-hydrogen) atoms. The van der Waals surface area contributed by atoms with Crippen molar-refractivity contribution in [2.75, 3.05) is 31.6 Å². The molecular weight excluding hydrogens is 398 g/mol. The van der Waals surface area contributed by atoms with Crippen molar-refractivity contribution in [3.63, 3.8) is 0 Å². The molecule has 0 radical (unpaired) electrons. The number of nitrogens with one attached hydrogen (secondary N) is 1. The lowest BCUT2D eigenvalue weighted by Crippen LogP contribution is -2.41. The fourth-order valence-electron chi connectivity index (χ4n) is 5.16. The Hall–Kier alpha value is -1.77. The van der Waals surface area contributed by atoms with E-state index in [1.54, 1.807) is 0 Å². The maximum Gasteiger partial charge on any atom is 0.222 e. The summed E-state index contributed by atoms with van der Waals surface area (Å²) in [6, 6.07) is 0.0599. The van der Waals surface area contributed by atoms with Gasteiger partial charge in [-0.25, -0.2) is 9.97 Å². The normalized spacial score (nSPS) is 25.2. The van der Waals surface area contributed by atoms with Gasteiger partial charge in [-0.15, -0.1) is 11.3 Å². The number of nitrogens with two attached hydrogens (primary N) is 1. The minimum absolute atomic E-state index is 0.0599. The van der Waals surface area contributed by atoms with Crippen LogP contribution in [0.15, 0.2) is 0 Å². The van der Waals surface area contributed by atoms with E-state index < -0.39 is 0 Å². The van der Waals surface area contributed by atoms with E-state index in [0.717, 1.165) is 87.8 Å². The predicted octanol–water partition coefficient (Wildman–Crippen LogP) is 2.86. The number of aryl methyl sites for hydroxylation is 2. The molecule has 3 heterocycles. The van der Waals surface area contributed by atoms with Crippen molar-refractivity contribution < 1.29 is 9.53 Å². The minimum atomic E-state index is -0.196. The van der Waals surface area contributed by atoms with Crippen molar-refractivity contribution in [1.82, 2.24) is 14.9 Å². The molecule has 3 N–H and O–H groups in total. The first-order valence-electron chi connectivity index (χ1n) is 11.4. The molecule has 1 saturated carbocycles. The van der Waals surface area contributed by atoms with Gasteiger partial charge in [-0.3, -0.25) is 9.69 Å². The van der Waals surface area contributed by atoms with Crippen molar-refractivity contribution in [2.24, 2.45) is 11.7 Å². The zero-order valence-electron chi connectivity index (χ0n) is 17.5. The standard InChI is InChI=1S/C22H31N5O2S/c23-20(28)14-5-1-3-7-16(14)24-21-19-15-6-2-4-8-17(15)30-22(19)26-18(25-21)13-27-9-11-29-12-10-27/h14,16H,1-13H2,(H2,23,28)(H,24,25,26). The topological polar surface area (TPSA) is 93.4 Å². The summed E-state index contributed by atoms with van der Waals surface area (Å²) < 4.78 is 5.48. The summed E-state index contributed by atoms with van der Waals surface area (Å²) in [5.41, 5.74) is 7.16. The number of morpholine rings is 1. The lowest BCUT2D eigenvalue weighted by molar-refractivity contribution is -0.122. The Morgan fingerprint density at radius 3 is 2.77 bits per heavy atom. The fraction of sp³-hybridized carbons (Fsp3) is 0.682. The van der Waals surface area contributed by atoms with Crippen LogP contribution in [-0.2, 0) is 28.9 Å². The summed E-state index contributed by atoms with van der Waals surface area (Å²) >= 11 is 1.83. The van der Waals surface area contributed by atoms with Gasteiger partial charge in [-0.2, -0.15) is 0 Å². The molecule has 2 fully saturated rings. The lowest BCUT2D eigenvalue weighted by Gasteiger charge is -2.31. The number of carbonyl (C=O) groups is 1. The molecule has 2 unspecified atom stereocenters. The molecule has 2 aromatic rings. The molecule has 2 aromatic heterocycles. The monoisotopic (exact) mass is 429 g/mol. The molecule has 8 heteroatoms. The summed E-state index contributed by atoms with van der Waals surface area (Å²) in [7, 11) is 0. The van der Waals surface area contributed by atoms with E-state index in [1.165, 1.54) is 28.7 Å². The molecule has 7 nitrogen and oxygen atoms in total. The summed E-state index contributed by atoms with van der Waals surface area (Å²) in [6.07, 6.45) is 8.74. The molecule has 1 aliphatic heterocycles. The Labute approximate surface area is 181 Å². The molecule has 1 amide bonds. The van der Waals surface area contributed by atoms with Crippen LogP contribution in [0.2, 0.25) is 0 Å². The molecule has 3 aliphatic rings. The number of carbonyl (C=O) groups excluding carboxylic acids is 1. The van der Waals surface area contributed by atoms with Gasteiger partial charge in [0.15, 0.2) is 0 Å². The van der Waals surface area contributed by atoms with E-state index in [2.05, 4.69) is 10.2 Å². The second-order valence-electron chi connectivity index (χ2n) is 8.81. The highest BCUT2D eigenvalue weighted by molar-refractivity contribution is 7.19. The molecule has 2 atom stereocenters. The van der Waals surface area contributed by atoms with Crippen molar-refractivity contribution in [3.8, 4) is 0 Å². The van der Waals surface area contributed by atoms with Crippen LogP contribution in [-0.4, -0.2) is 53.1 Å². The Bertz CT molecular complexity index is 924. The number of hydrogen-bond acceptors (Lipinski definition) is 7. The Morgan fingerprint density at radius 1 is 1.13 bits per heavy atom. The first-order valence-corrected chi connectivity index (χ1v) is 12.2. The van der Waals surface area contributed by atoms with Gasteiger partial charge in [0.2, 0.25) is 5.91 Å². The SMILES string of the molecule is NC(=O)C1CCCCC1Nc1nc(CN2CCOCC2)nc2sc3c(c12)CCCC3. The average Bonchev–Trinajstić information content (AvgIpc) is 3.13. The van der Waals surface area contributed by atoms with Gasteiger partial charge in [0.1, 0.15) is 16.5 Å². The van der Waals surface area contributed by atoms with Crippen molar-refractivity contribution in [3.05, 3.63) is 16.3 Å². The van der Waals surface area contributed by atoms with E-state index in [9.17, 15) is 4.79 Å². The number of aromatic nitrogens is 2. The van der Waals surface area contributed by atoms with Crippen LogP contribution >= 0.6 is 11.3 Å². The third-order valence-corrected chi connectivity index (χ3v) is 7.97. The second-order valence-corrected chi connectivity index (χ2v) is 9.90. The number of amides is 1. The smallest absolute Gasteiger partial charge is 0.222 e. The van der Waals surface area contributed by atoms with Crippen LogP contribution in [0.3, 0.4) is 0 Å². The Kier molecular flexibility index (Phi) is 5.89. The molecule has 1 saturated heterocycles. The highest BCUT2D eigenvalue weighted by Gasteiger charge is 2.31. The number of rotatable bonds is 5. The number of primary amides is 1. The Balaban J connectivity index is 1.51. The van der Waals surface area contributed by atoms with E-state index in [1.807, 2.05) is 11.3 Å².